The monoisotopic (exact) mass is 327 g/mol. The Labute approximate surface area is 139 Å². The number of carbonyl (C=O) groups is 2. The number of rotatable bonds is 5. The van der Waals surface area contributed by atoms with E-state index in [1.54, 1.807) is 37.4 Å². The molecule has 2 aromatic rings. The molecule has 1 saturated carbocycles. The fraction of sp³-hybridized carbons (Fsp3) is 0.278. The second-order valence-corrected chi connectivity index (χ2v) is 5.95. The zero-order chi connectivity index (χ0) is 17.1. The summed E-state index contributed by atoms with van der Waals surface area (Å²) in [4.78, 5) is 29.8. The van der Waals surface area contributed by atoms with Gasteiger partial charge in [0, 0.05) is 36.8 Å². The lowest BCUT2D eigenvalue weighted by molar-refractivity contribution is -0.117. The zero-order valence-electron chi connectivity index (χ0n) is 13.3. The molecule has 0 aliphatic heterocycles. The molecule has 0 spiro atoms. The van der Waals surface area contributed by atoms with Crippen LogP contribution in [0.4, 0.5) is 10.2 Å². The highest BCUT2D eigenvalue weighted by Gasteiger charge is 2.29. The summed E-state index contributed by atoms with van der Waals surface area (Å²) >= 11 is 0. The van der Waals surface area contributed by atoms with E-state index in [1.807, 2.05) is 0 Å². The number of amides is 2. The van der Waals surface area contributed by atoms with E-state index in [1.165, 1.54) is 17.2 Å². The molecule has 1 N–H and O–H groups in total. The highest BCUT2D eigenvalue weighted by atomic mass is 19.1. The van der Waals surface area contributed by atoms with E-state index in [2.05, 4.69) is 10.3 Å². The molecule has 2 amide bonds. The van der Waals surface area contributed by atoms with Crippen molar-refractivity contribution in [1.29, 1.82) is 0 Å². The minimum atomic E-state index is -0.343. The summed E-state index contributed by atoms with van der Waals surface area (Å²) in [5.41, 5.74) is 0.847. The van der Waals surface area contributed by atoms with Crippen molar-refractivity contribution in [2.24, 2.45) is 5.92 Å². The maximum Gasteiger partial charge on any atom is 0.254 e. The van der Waals surface area contributed by atoms with E-state index in [-0.39, 0.29) is 30.1 Å². The quantitative estimate of drug-likeness (QED) is 0.918. The molecule has 1 aliphatic carbocycles. The molecule has 5 nitrogen and oxygen atoms in total. The van der Waals surface area contributed by atoms with Gasteiger partial charge in [0.1, 0.15) is 11.6 Å². The van der Waals surface area contributed by atoms with E-state index < -0.39 is 0 Å². The number of nitrogens with zero attached hydrogens (tertiary/aromatic N) is 2. The molecule has 0 bridgehead atoms. The van der Waals surface area contributed by atoms with Crippen LogP contribution in [0.2, 0.25) is 0 Å². The molecule has 0 atom stereocenters. The minimum absolute atomic E-state index is 0.0631. The Hall–Kier alpha value is -2.76. The minimum Gasteiger partial charge on any atom is -0.337 e. The molecule has 0 unspecified atom stereocenters. The number of hydrogen-bond donors (Lipinski definition) is 1. The number of hydrogen-bond acceptors (Lipinski definition) is 3. The smallest absolute Gasteiger partial charge is 0.254 e. The normalized spacial score (nSPS) is 13.4. The Kier molecular flexibility index (Phi) is 4.55. The van der Waals surface area contributed by atoms with Crippen molar-refractivity contribution in [2.45, 2.75) is 19.4 Å². The van der Waals surface area contributed by atoms with E-state index in [0.717, 1.165) is 12.8 Å². The zero-order valence-corrected chi connectivity index (χ0v) is 13.3. The number of aromatic nitrogens is 1. The summed E-state index contributed by atoms with van der Waals surface area (Å²) in [5, 5.41) is 2.72. The molecule has 1 aliphatic rings. The maximum absolute atomic E-state index is 13.7. The Morgan fingerprint density at radius 1 is 1.29 bits per heavy atom. The van der Waals surface area contributed by atoms with Crippen LogP contribution in [0, 0.1) is 11.7 Å². The molecule has 0 saturated heterocycles. The highest BCUT2D eigenvalue weighted by Crippen LogP contribution is 2.30. The predicted molar refractivity (Wildman–Crippen MR) is 87.8 cm³/mol. The van der Waals surface area contributed by atoms with Crippen molar-refractivity contribution in [3.8, 4) is 0 Å². The van der Waals surface area contributed by atoms with Gasteiger partial charge in [0.05, 0.1) is 0 Å². The molecule has 1 fully saturated rings. The molecule has 6 heteroatoms. The lowest BCUT2D eigenvalue weighted by Crippen LogP contribution is -2.27. The van der Waals surface area contributed by atoms with Gasteiger partial charge in [-0.3, -0.25) is 9.59 Å². The van der Waals surface area contributed by atoms with Gasteiger partial charge in [-0.15, -0.1) is 0 Å². The van der Waals surface area contributed by atoms with Gasteiger partial charge in [0.2, 0.25) is 5.91 Å². The number of carbonyl (C=O) groups excluding carboxylic acids is 2. The number of benzene rings is 1. The first-order valence-electron chi connectivity index (χ1n) is 7.80. The number of anilines is 1. The third-order valence-electron chi connectivity index (χ3n) is 3.92. The summed E-state index contributed by atoms with van der Waals surface area (Å²) in [6.07, 6.45) is 3.28. The molecule has 1 aromatic carbocycles. The van der Waals surface area contributed by atoms with Crippen LogP contribution in [-0.4, -0.2) is 28.7 Å². The van der Waals surface area contributed by atoms with Gasteiger partial charge in [0.25, 0.3) is 5.91 Å². The lowest BCUT2D eigenvalue weighted by atomic mass is 10.1. The van der Waals surface area contributed by atoms with Gasteiger partial charge < -0.3 is 10.2 Å². The molecule has 1 aromatic heterocycles. The molecular weight excluding hydrogens is 309 g/mol. The molecular formula is C18H18FN3O2. The largest absolute Gasteiger partial charge is 0.337 e. The Balaban J connectivity index is 1.69. The summed E-state index contributed by atoms with van der Waals surface area (Å²) < 4.78 is 13.7. The predicted octanol–water partition coefficient (Wildman–Crippen LogP) is 2.84. The first-order valence-corrected chi connectivity index (χ1v) is 7.80. The third-order valence-corrected chi connectivity index (χ3v) is 3.92. The standard InChI is InChI=1S/C18H18FN3O2/c1-22(11-14-4-2-3-5-15(14)19)18(24)13-8-9-20-16(10-13)21-17(23)12-6-7-12/h2-5,8-10,12H,6-7,11H2,1H3,(H,20,21,23). The van der Waals surface area contributed by atoms with Crippen molar-refractivity contribution in [1.82, 2.24) is 9.88 Å². The van der Waals surface area contributed by atoms with Crippen molar-refractivity contribution < 1.29 is 14.0 Å². The van der Waals surface area contributed by atoms with Crippen LogP contribution >= 0.6 is 0 Å². The molecule has 0 radical (unpaired) electrons. The van der Waals surface area contributed by atoms with Crippen molar-refractivity contribution >= 4 is 17.6 Å². The fourth-order valence-electron chi connectivity index (χ4n) is 2.38. The molecule has 3 rings (SSSR count). The van der Waals surface area contributed by atoms with Crippen molar-refractivity contribution in [3.05, 3.63) is 59.5 Å². The third kappa shape index (κ3) is 3.76. The second kappa shape index (κ2) is 6.78. The summed E-state index contributed by atoms with van der Waals surface area (Å²) in [6.45, 7) is 0.164. The van der Waals surface area contributed by atoms with Gasteiger partial charge in [-0.2, -0.15) is 0 Å². The number of nitrogens with one attached hydrogen (secondary N) is 1. The van der Waals surface area contributed by atoms with Crippen LogP contribution in [-0.2, 0) is 11.3 Å². The molecule has 24 heavy (non-hydrogen) atoms. The topological polar surface area (TPSA) is 62.3 Å². The number of pyridine rings is 1. The Morgan fingerprint density at radius 3 is 2.75 bits per heavy atom. The van der Waals surface area contributed by atoms with E-state index in [9.17, 15) is 14.0 Å². The van der Waals surface area contributed by atoms with Crippen LogP contribution in [0.25, 0.3) is 0 Å². The summed E-state index contributed by atoms with van der Waals surface area (Å²) in [5.74, 6) is -0.245. The van der Waals surface area contributed by atoms with Crippen LogP contribution in [0.15, 0.2) is 42.6 Å². The average molecular weight is 327 g/mol. The Morgan fingerprint density at radius 2 is 2.04 bits per heavy atom. The van der Waals surface area contributed by atoms with Gasteiger partial charge in [-0.25, -0.2) is 9.37 Å². The van der Waals surface area contributed by atoms with Crippen LogP contribution < -0.4 is 5.32 Å². The van der Waals surface area contributed by atoms with Gasteiger partial charge in [-0.05, 0) is 31.0 Å². The first kappa shape index (κ1) is 16.1. The van der Waals surface area contributed by atoms with Crippen molar-refractivity contribution in [2.75, 3.05) is 12.4 Å². The highest BCUT2D eigenvalue weighted by molar-refractivity contribution is 5.97. The van der Waals surface area contributed by atoms with E-state index in [0.29, 0.717) is 16.9 Å². The van der Waals surface area contributed by atoms with Gasteiger partial charge in [0.15, 0.2) is 0 Å². The number of halogens is 1. The second-order valence-electron chi connectivity index (χ2n) is 5.95. The Bertz CT molecular complexity index is 774. The molecule has 1 heterocycles. The van der Waals surface area contributed by atoms with E-state index >= 15 is 0 Å². The fourth-order valence-corrected chi connectivity index (χ4v) is 2.38. The van der Waals surface area contributed by atoms with Crippen LogP contribution in [0.5, 0.6) is 0 Å². The first-order chi connectivity index (χ1) is 11.5. The van der Waals surface area contributed by atoms with Crippen molar-refractivity contribution in [3.63, 3.8) is 0 Å². The maximum atomic E-state index is 13.7. The van der Waals surface area contributed by atoms with Crippen LogP contribution in [0.1, 0.15) is 28.8 Å². The SMILES string of the molecule is CN(Cc1ccccc1F)C(=O)c1ccnc(NC(=O)C2CC2)c1. The summed E-state index contributed by atoms with van der Waals surface area (Å²) in [7, 11) is 1.61. The lowest BCUT2D eigenvalue weighted by Gasteiger charge is -2.18. The average Bonchev–Trinajstić information content (AvgIpc) is 3.41. The van der Waals surface area contributed by atoms with E-state index in [4.69, 9.17) is 0 Å². The van der Waals surface area contributed by atoms with Crippen LogP contribution in [0.3, 0.4) is 0 Å². The van der Waals surface area contributed by atoms with Gasteiger partial charge in [-0.1, -0.05) is 18.2 Å². The van der Waals surface area contributed by atoms with Gasteiger partial charge >= 0.3 is 0 Å². The molecule has 124 valence electrons. The summed E-state index contributed by atoms with van der Waals surface area (Å²) in [6, 6.07) is 9.47.